The van der Waals surface area contributed by atoms with Crippen LogP contribution in [0.25, 0.3) is 11.3 Å². The summed E-state index contributed by atoms with van der Waals surface area (Å²) in [5, 5.41) is 4.40. The topological polar surface area (TPSA) is 47.4 Å². The van der Waals surface area contributed by atoms with Crippen molar-refractivity contribution >= 4 is 5.91 Å². The summed E-state index contributed by atoms with van der Waals surface area (Å²) in [4.78, 5) is 14.4. The van der Waals surface area contributed by atoms with Crippen LogP contribution in [0, 0.1) is 0 Å². The van der Waals surface area contributed by atoms with Gasteiger partial charge < -0.3 is 9.64 Å². The molecule has 0 N–H and O–H groups in total. The summed E-state index contributed by atoms with van der Waals surface area (Å²) in [5.41, 5.74) is 2.48. The van der Waals surface area contributed by atoms with Crippen molar-refractivity contribution in [3.8, 4) is 17.0 Å². The second-order valence-electron chi connectivity index (χ2n) is 5.62. The van der Waals surface area contributed by atoms with Crippen LogP contribution in [-0.2, 0) is 7.05 Å². The van der Waals surface area contributed by atoms with Crippen LogP contribution >= 0.6 is 0 Å². The third kappa shape index (κ3) is 2.84. The maximum Gasteiger partial charge on any atom is 0.274 e. The molecule has 2 aromatic rings. The molecular weight excluding hydrogens is 278 g/mol. The van der Waals surface area contributed by atoms with E-state index in [4.69, 9.17) is 4.74 Å². The minimum Gasteiger partial charge on any atom is -0.497 e. The summed E-state index contributed by atoms with van der Waals surface area (Å²) in [6.45, 7) is 1.68. The number of hydrogen-bond donors (Lipinski definition) is 0. The Bertz CT molecular complexity index is 655. The Morgan fingerprint density at radius 1 is 1.14 bits per heavy atom. The highest BCUT2D eigenvalue weighted by atomic mass is 16.5. The van der Waals surface area contributed by atoms with Gasteiger partial charge in [0, 0.05) is 25.7 Å². The van der Waals surface area contributed by atoms with E-state index in [1.807, 2.05) is 42.3 Å². The van der Waals surface area contributed by atoms with E-state index in [0.29, 0.717) is 5.69 Å². The molecule has 1 aromatic carbocycles. The minimum absolute atomic E-state index is 0.0371. The molecule has 0 aliphatic carbocycles. The Labute approximate surface area is 130 Å². The molecule has 1 saturated heterocycles. The number of amides is 1. The van der Waals surface area contributed by atoms with Gasteiger partial charge in [-0.2, -0.15) is 5.10 Å². The molecule has 1 aliphatic rings. The van der Waals surface area contributed by atoms with Gasteiger partial charge in [-0.15, -0.1) is 0 Å². The maximum atomic E-state index is 12.5. The first kappa shape index (κ1) is 14.6. The fourth-order valence-corrected chi connectivity index (χ4v) is 2.86. The fourth-order valence-electron chi connectivity index (χ4n) is 2.86. The number of rotatable bonds is 3. The summed E-state index contributed by atoms with van der Waals surface area (Å²) >= 11 is 0. The molecule has 0 bridgehead atoms. The van der Waals surface area contributed by atoms with Gasteiger partial charge in [-0.05, 0) is 49.6 Å². The highest BCUT2D eigenvalue weighted by Gasteiger charge is 2.21. The normalized spacial score (nSPS) is 14.9. The molecule has 0 atom stereocenters. The van der Waals surface area contributed by atoms with E-state index in [9.17, 15) is 4.79 Å². The predicted octanol–water partition coefficient (Wildman–Crippen LogP) is 2.72. The molecule has 1 aromatic heterocycles. The Morgan fingerprint density at radius 2 is 1.82 bits per heavy atom. The molecule has 5 heteroatoms. The van der Waals surface area contributed by atoms with Gasteiger partial charge in [-0.1, -0.05) is 0 Å². The Kier molecular flexibility index (Phi) is 4.13. The number of likely N-dealkylation sites (tertiary alicyclic amines) is 1. The molecule has 0 spiro atoms. The summed E-state index contributed by atoms with van der Waals surface area (Å²) in [7, 11) is 3.51. The van der Waals surface area contributed by atoms with Gasteiger partial charge in [0.25, 0.3) is 5.91 Å². The Morgan fingerprint density at radius 3 is 2.45 bits per heavy atom. The second kappa shape index (κ2) is 6.22. The van der Waals surface area contributed by atoms with Gasteiger partial charge in [0.1, 0.15) is 5.75 Å². The number of ether oxygens (including phenoxy) is 1. The second-order valence-corrected chi connectivity index (χ2v) is 5.62. The lowest BCUT2D eigenvalue weighted by atomic mass is 10.1. The molecule has 0 unspecified atom stereocenters. The monoisotopic (exact) mass is 299 g/mol. The molecule has 1 fully saturated rings. The molecular formula is C17H21N3O2. The first-order valence-corrected chi connectivity index (χ1v) is 7.67. The lowest BCUT2D eigenvalue weighted by Gasteiger charge is -2.25. The lowest BCUT2D eigenvalue weighted by molar-refractivity contribution is 0.0717. The largest absolute Gasteiger partial charge is 0.497 e. The minimum atomic E-state index is 0.0371. The van der Waals surface area contributed by atoms with Crippen molar-refractivity contribution in [2.75, 3.05) is 20.2 Å². The average Bonchev–Trinajstić information content (AvgIpc) is 2.97. The van der Waals surface area contributed by atoms with E-state index >= 15 is 0 Å². The number of nitrogens with zero attached hydrogens (tertiary/aromatic N) is 3. The first-order valence-electron chi connectivity index (χ1n) is 7.67. The van der Waals surface area contributed by atoms with Crippen LogP contribution < -0.4 is 4.74 Å². The molecule has 5 nitrogen and oxygen atoms in total. The molecule has 22 heavy (non-hydrogen) atoms. The van der Waals surface area contributed by atoms with Crippen molar-refractivity contribution in [3.63, 3.8) is 0 Å². The molecule has 2 heterocycles. The number of aromatic nitrogens is 2. The number of benzene rings is 1. The van der Waals surface area contributed by atoms with E-state index in [0.717, 1.165) is 42.9 Å². The fraction of sp³-hybridized carbons (Fsp3) is 0.412. The van der Waals surface area contributed by atoms with Crippen LogP contribution in [0.2, 0.25) is 0 Å². The van der Waals surface area contributed by atoms with Crippen LogP contribution in [0.3, 0.4) is 0 Å². The van der Waals surface area contributed by atoms with E-state index in [1.165, 1.54) is 6.42 Å². The third-order valence-corrected chi connectivity index (χ3v) is 4.13. The van der Waals surface area contributed by atoms with Crippen LogP contribution in [-0.4, -0.2) is 40.8 Å². The zero-order valence-electron chi connectivity index (χ0n) is 13.1. The highest BCUT2D eigenvalue weighted by Crippen LogP contribution is 2.23. The van der Waals surface area contributed by atoms with Gasteiger partial charge in [-0.3, -0.25) is 9.48 Å². The summed E-state index contributed by atoms with van der Waals surface area (Å²) in [6.07, 6.45) is 3.39. The Hall–Kier alpha value is -2.30. The van der Waals surface area contributed by atoms with Crippen molar-refractivity contribution in [3.05, 3.63) is 36.0 Å². The first-order chi connectivity index (χ1) is 10.7. The number of aryl methyl sites for hydroxylation is 1. The van der Waals surface area contributed by atoms with Gasteiger partial charge in [-0.25, -0.2) is 0 Å². The standard InChI is InChI=1S/C17H21N3O2/c1-19-16(13-6-8-14(22-2)9-7-13)12-15(18-19)17(21)20-10-4-3-5-11-20/h6-9,12H,3-5,10-11H2,1-2H3. The van der Waals surface area contributed by atoms with Crippen LogP contribution in [0.1, 0.15) is 29.8 Å². The summed E-state index contributed by atoms with van der Waals surface area (Å²) < 4.78 is 6.94. The summed E-state index contributed by atoms with van der Waals surface area (Å²) in [6, 6.07) is 9.65. The van der Waals surface area contributed by atoms with Crippen LogP contribution in [0.4, 0.5) is 0 Å². The molecule has 1 aliphatic heterocycles. The third-order valence-electron chi connectivity index (χ3n) is 4.13. The van der Waals surface area contributed by atoms with Crippen molar-refractivity contribution < 1.29 is 9.53 Å². The predicted molar refractivity (Wildman–Crippen MR) is 85.0 cm³/mol. The van der Waals surface area contributed by atoms with Crippen LogP contribution in [0.5, 0.6) is 5.75 Å². The summed E-state index contributed by atoms with van der Waals surface area (Å²) in [5.74, 6) is 0.852. The SMILES string of the molecule is COc1ccc(-c2cc(C(=O)N3CCCCC3)nn2C)cc1. The average molecular weight is 299 g/mol. The van der Waals surface area contributed by atoms with Crippen molar-refractivity contribution in [1.29, 1.82) is 0 Å². The van der Waals surface area contributed by atoms with E-state index in [1.54, 1.807) is 11.8 Å². The van der Waals surface area contributed by atoms with E-state index in [2.05, 4.69) is 5.10 Å². The maximum absolute atomic E-state index is 12.5. The number of carbonyl (C=O) groups is 1. The van der Waals surface area contributed by atoms with E-state index in [-0.39, 0.29) is 5.91 Å². The van der Waals surface area contributed by atoms with Crippen molar-refractivity contribution in [2.24, 2.45) is 7.05 Å². The molecule has 1 amide bonds. The van der Waals surface area contributed by atoms with Gasteiger partial charge in [0.2, 0.25) is 0 Å². The van der Waals surface area contributed by atoms with E-state index < -0.39 is 0 Å². The van der Waals surface area contributed by atoms with Gasteiger partial charge >= 0.3 is 0 Å². The number of methoxy groups -OCH3 is 1. The van der Waals surface area contributed by atoms with Crippen molar-refractivity contribution in [1.82, 2.24) is 14.7 Å². The molecule has 3 rings (SSSR count). The number of hydrogen-bond acceptors (Lipinski definition) is 3. The van der Waals surface area contributed by atoms with Gasteiger partial charge in [0.15, 0.2) is 5.69 Å². The number of piperidine rings is 1. The highest BCUT2D eigenvalue weighted by molar-refractivity contribution is 5.93. The lowest BCUT2D eigenvalue weighted by Crippen LogP contribution is -2.35. The number of carbonyl (C=O) groups excluding carboxylic acids is 1. The van der Waals surface area contributed by atoms with Crippen molar-refractivity contribution in [2.45, 2.75) is 19.3 Å². The van der Waals surface area contributed by atoms with Crippen LogP contribution in [0.15, 0.2) is 30.3 Å². The van der Waals surface area contributed by atoms with Gasteiger partial charge in [0.05, 0.1) is 12.8 Å². The quantitative estimate of drug-likeness (QED) is 0.875. The zero-order valence-corrected chi connectivity index (χ0v) is 13.1. The molecule has 116 valence electrons. The zero-order chi connectivity index (χ0) is 15.5. The smallest absolute Gasteiger partial charge is 0.274 e. The molecule has 0 saturated carbocycles. The Balaban J connectivity index is 1.84. The molecule has 0 radical (unpaired) electrons.